The molecule has 0 amide bonds. The fourth-order valence-electron chi connectivity index (χ4n) is 2.37. The molecule has 1 saturated heterocycles. The summed E-state index contributed by atoms with van der Waals surface area (Å²) in [5.74, 6) is 0.631. The number of carbonyl (C=O) groups is 1. The smallest absolute Gasteiger partial charge is 0.310 e. The fourth-order valence-corrected chi connectivity index (χ4v) is 3.44. The Hall–Kier alpha value is -1.69. The summed E-state index contributed by atoms with van der Waals surface area (Å²) in [5, 5.41) is 10.0. The van der Waals surface area contributed by atoms with Crippen LogP contribution in [0.25, 0.3) is 10.2 Å². The first-order valence-electron chi connectivity index (χ1n) is 6.19. The summed E-state index contributed by atoms with van der Waals surface area (Å²) in [7, 11) is 0. The van der Waals surface area contributed by atoms with Crippen LogP contribution in [0.4, 0.5) is 5.82 Å². The average molecular weight is 277 g/mol. The van der Waals surface area contributed by atoms with Crippen molar-refractivity contribution in [2.45, 2.75) is 20.8 Å². The molecule has 0 spiro atoms. The van der Waals surface area contributed by atoms with Gasteiger partial charge in [-0.1, -0.05) is 0 Å². The van der Waals surface area contributed by atoms with E-state index >= 15 is 0 Å². The fraction of sp³-hybridized carbons (Fsp3) is 0.462. The topological polar surface area (TPSA) is 66.3 Å². The van der Waals surface area contributed by atoms with Crippen molar-refractivity contribution >= 4 is 33.3 Å². The van der Waals surface area contributed by atoms with Crippen molar-refractivity contribution in [2.24, 2.45) is 5.92 Å². The number of hydrogen-bond donors (Lipinski definition) is 1. The number of fused-ring (bicyclic) bond motifs is 1. The van der Waals surface area contributed by atoms with E-state index in [0.717, 1.165) is 21.9 Å². The number of aromatic nitrogens is 2. The minimum atomic E-state index is -0.725. The van der Waals surface area contributed by atoms with Crippen LogP contribution in [0.1, 0.15) is 16.3 Å². The first-order chi connectivity index (χ1) is 8.97. The van der Waals surface area contributed by atoms with Crippen molar-refractivity contribution in [3.05, 3.63) is 16.3 Å². The number of carboxylic acids is 1. The first kappa shape index (κ1) is 12.3. The summed E-state index contributed by atoms with van der Waals surface area (Å²) in [5.41, 5.74) is 1.20. The van der Waals surface area contributed by atoms with Crippen molar-refractivity contribution in [1.29, 1.82) is 0 Å². The summed E-state index contributed by atoms with van der Waals surface area (Å²) in [6.07, 6.45) is 0. The van der Waals surface area contributed by atoms with E-state index in [-0.39, 0.29) is 5.92 Å². The molecule has 3 heterocycles. The summed E-state index contributed by atoms with van der Waals surface area (Å²) in [6, 6.07) is 0. The molecule has 0 unspecified atom stereocenters. The molecule has 1 aliphatic heterocycles. The van der Waals surface area contributed by atoms with Crippen molar-refractivity contribution < 1.29 is 9.90 Å². The second kappa shape index (κ2) is 4.16. The molecule has 2 aromatic heterocycles. The van der Waals surface area contributed by atoms with E-state index in [1.165, 1.54) is 10.4 Å². The van der Waals surface area contributed by atoms with Gasteiger partial charge in [-0.05, 0) is 26.3 Å². The molecule has 100 valence electrons. The van der Waals surface area contributed by atoms with Crippen molar-refractivity contribution in [2.75, 3.05) is 18.0 Å². The monoisotopic (exact) mass is 277 g/mol. The van der Waals surface area contributed by atoms with Gasteiger partial charge in [-0.2, -0.15) is 0 Å². The number of hydrogen-bond acceptors (Lipinski definition) is 5. The molecule has 0 atom stereocenters. The van der Waals surface area contributed by atoms with Crippen LogP contribution in [-0.4, -0.2) is 34.1 Å². The second-order valence-corrected chi connectivity index (χ2v) is 6.20. The number of anilines is 1. The predicted octanol–water partition coefficient (Wildman–Crippen LogP) is 2.14. The highest BCUT2D eigenvalue weighted by atomic mass is 32.1. The van der Waals surface area contributed by atoms with E-state index in [2.05, 4.69) is 23.8 Å². The molecule has 3 rings (SSSR count). The van der Waals surface area contributed by atoms with Crippen LogP contribution >= 0.6 is 11.3 Å². The minimum absolute atomic E-state index is 0.273. The number of nitrogens with zero attached hydrogens (tertiary/aromatic N) is 3. The third kappa shape index (κ3) is 1.87. The van der Waals surface area contributed by atoms with Crippen molar-refractivity contribution in [1.82, 2.24) is 9.97 Å². The number of rotatable bonds is 2. The average Bonchev–Trinajstić information content (AvgIpc) is 2.51. The maximum absolute atomic E-state index is 10.9. The Labute approximate surface area is 114 Å². The molecule has 0 bridgehead atoms. The lowest BCUT2D eigenvalue weighted by Crippen LogP contribution is -2.51. The normalized spacial score (nSPS) is 15.8. The van der Waals surface area contributed by atoms with Crippen LogP contribution in [0.3, 0.4) is 0 Å². The van der Waals surface area contributed by atoms with Crippen LogP contribution in [-0.2, 0) is 4.79 Å². The van der Waals surface area contributed by atoms with Crippen LogP contribution in [0.15, 0.2) is 0 Å². The second-order valence-electron chi connectivity index (χ2n) is 5.00. The van der Waals surface area contributed by atoms with Crippen LogP contribution in [0.5, 0.6) is 0 Å². The number of aryl methyl sites for hydroxylation is 3. The lowest BCUT2D eigenvalue weighted by atomic mass is 10.00. The maximum atomic E-state index is 10.9. The quantitative estimate of drug-likeness (QED) is 0.911. The zero-order chi connectivity index (χ0) is 13.7. The Bertz CT molecular complexity index is 674. The van der Waals surface area contributed by atoms with Gasteiger partial charge >= 0.3 is 5.97 Å². The summed E-state index contributed by atoms with van der Waals surface area (Å²) < 4.78 is 0. The number of aliphatic carboxylic acids is 1. The molecule has 19 heavy (non-hydrogen) atoms. The molecule has 0 radical (unpaired) electrons. The van der Waals surface area contributed by atoms with Crippen molar-refractivity contribution in [3.8, 4) is 0 Å². The molecule has 0 aromatic carbocycles. The van der Waals surface area contributed by atoms with Crippen LogP contribution in [0, 0.1) is 26.7 Å². The molecule has 0 saturated carbocycles. The molecule has 0 aliphatic carbocycles. The van der Waals surface area contributed by atoms with Crippen LogP contribution in [0.2, 0.25) is 0 Å². The number of thiophene rings is 1. The molecule has 1 aliphatic rings. The van der Waals surface area contributed by atoms with Gasteiger partial charge in [-0.3, -0.25) is 4.79 Å². The molecular weight excluding hydrogens is 262 g/mol. The van der Waals surface area contributed by atoms with E-state index < -0.39 is 5.97 Å². The van der Waals surface area contributed by atoms with Gasteiger partial charge in [0.2, 0.25) is 0 Å². The Kier molecular flexibility index (Phi) is 2.70. The lowest BCUT2D eigenvalue weighted by Gasteiger charge is -2.38. The molecule has 5 nitrogen and oxygen atoms in total. The predicted molar refractivity (Wildman–Crippen MR) is 75.0 cm³/mol. The molecule has 1 fully saturated rings. The summed E-state index contributed by atoms with van der Waals surface area (Å²) in [4.78, 5) is 24.2. The zero-order valence-corrected chi connectivity index (χ0v) is 11.9. The van der Waals surface area contributed by atoms with Gasteiger partial charge in [0.15, 0.2) is 0 Å². The summed E-state index contributed by atoms with van der Waals surface area (Å²) >= 11 is 1.67. The molecular formula is C13H15N3O2S. The Morgan fingerprint density at radius 3 is 2.63 bits per heavy atom. The third-order valence-corrected chi connectivity index (χ3v) is 4.75. The van der Waals surface area contributed by atoms with E-state index in [1.807, 2.05) is 11.8 Å². The van der Waals surface area contributed by atoms with Gasteiger partial charge in [-0.15, -0.1) is 11.3 Å². The van der Waals surface area contributed by atoms with E-state index in [0.29, 0.717) is 13.1 Å². The van der Waals surface area contributed by atoms with Gasteiger partial charge < -0.3 is 10.0 Å². The standard InChI is InChI=1S/C13H15N3O2S/c1-6-7(2)19-12-10(6)11(14-8(3)15-12)16-4-9(5-16)13(17)18/h9H,4-5H2,1-3H3,(H,17,18). The highest BCUT2D eigenvalue weighted by molar-refractivity contribution is 7.18. The van der Waals surface area contributed by atoms with E-state index in [4.69, 9.17) is 5.11 Å². The van der Waals surface area contributed by atoms with Gasteiger partial charge in [0, 0.05) is 18.0 Å². The van der Waals surface area contributed by atoms with E-state index in [1.54, 1.807) is 11.3 Å². The summed E-state index contributed by atoms with van der Waals surface area (Å²) in [6.45, 7) is 7.11. The van der Waals surface area contributed by atoms with Crippen molar-refractivity contribution in [3.63, 3.8) is 0 Å². The zero-order valence-electron chi connectivity index (χ0n) is 11.1. The Morgan fingerprint density at radius 2 is 2.00 bits per heavy atom. The van der Waals surface area contributed by atoms with Gasteiger partial charge in [0.1, 0.15) is 16.5 Å². The first-order valence-corrected chi connectivity index (χ1v) is 7.01. The molecule has 1 N–H and O–H groups in total. The largest absolute Gasteiger partial charge is 0.481 e. The number of carboxylic acid groups (broad SMARTS) is 1. The minimum Gasteiger partial charge on any atom is -0.481 e. The molecule has 6 heteroatoms. The maximum Gasteiger partial charge on any atom is 0.310 e. The van der Waals surface area contributed by atoms with Crippen LogP contribution < -0.4 is 4.90 Å². The molecule has 2 aromatic rings. The van der Waals surface area contributed by atoms with E-state index in [9.17, 15) is 4.79 Å². The SMILES string of the molecule is Cc1nc(N2CC(C(=O)O)C2)c2c(C)c(C)sc2n1. The highest BCUT2D eigenvalue weighted by Crippen LogP contribution is 2.37. The van der Waals surface area contributed by atoms with Gasteiger partial charge in [0.25, 0.3) is 0 Å². The van der Waals surface area contributed by atoms with Gasteiger partial charge in [-0.25, -0.2) is 9.97 Å². The third-order valence-electron chi connectivity index (χ3n) is 3.65. The lowest BCUT2D eigenvalue weighted by molar-refractivity contribution is -0.142. The highest BCUT2D eigenvalue weighted by Gasteiger charge is 2.35. The Balaban J connectivity index is 2.06. The van der Waals surface area contributed by atoms with Gasteiger partial charge in [0.05, 0.1) is 11.3 Å². The Morgan fingerprint density at radius 1 is 1.32 bits per heavy atom.